The molecule has 0 radical (unpaired) electrons. The molecule has 26 heavy (non-hydrogen) atoms. The number of carbonyl (C=O) groups is 3. The first-order valence-corrected chi connectivity index (χ1v) is 8.54. The van der Waals surface area contributed by atoms with Gasteiger partial charge in [-0.05, 0) is 43.3 Å². The van der Waals surface area contributed by atoms with Gasteiger partial charge in [0.25, 0.3) is 5.91 Å². The van der Waals surface area contributed by atoms with Crippen LogP contribution in [0, 0.1) is 0 Å². The maximum absolute atomic E-state index is 12.6. The topological polar surface area (TPSA) is 74.1 Å². The minimum atomic E-state index is -0.356. The fourth-order valence-electron chi connectivity index (χ4n) is 2.71. The second kappa shape index (κ2) is 7.61. The Morgan fingerprint density at radius 2 is 1.96 bits per heavy atom. The van der Waals surface area contributed by atoms with E-state index in [0.29, 0.717) is 17.3 Å². The lowest BCUT2D eigenvalue weighted by Crippen LogP contribution is -2.42. The summed E-state index contributed by atoms with van der Waals surface area (Å²) in [5, 5.41) is 0.573. The van der Waals surface area contributed by atoms with Gasteiger partial charge in [0.2, 0.25) is 11.8 Å². The number of rotatable bonds is 5. The van der Waals surface area contributed by atoms with Crippen molar-refractivity contribution in [3.8, 4) is 0 Å². The summed E-state index contributed by atoms with van der Waals surface area (Å²) in [6.07, 6.45) is 1.41. The van der Waals surface area contributed by atoms with Gasteiger partial charge in [-0.25, -0.2) is 0 Å². The van der Waals surface area contributed by atoms with E-state index in [2.05, 4.69) is 0 Å². The fraction of sp³-hybridized carbons (Fsp3) is 0.278. The molecule has 1 aromatic carbocycles. The molecule has 0 unspecified atom stereocenters. The molecule has 3 rings (SSSR count). The lowest BCUT2D eigenvalue weighted by Gasteiger charge is -2.23. The summed E-state index contributed by atoms with van der Waals surface area (Å²) in [5.41, 5.74) is 0.675. The van der Waals surface area contributed by atoms with E-state index in [1.807, 2.05) is 0 Å². The van der Waals surface area contributed by atoms with Crippen LogP contribution in [0.25, 0.3) is 0 Å². The summed E-state index contributed by atoms with van der Waals surface area (Å²) in [4.78, 5) is 41.5. The Hall–Kier alpha value is -2.80. The van der Waals surface area contributed by atoms with Gasteiger partial charge in [0.1, 0.15) is 19.8 Å². The van der Waals surface area contributed by atoms with Crippen LogP contribution in [0.5, 0.6) is 0 Å². The number of halogens is 1. The van der Waals surface area contributed by atoms with Crippen molar-refractivity contribution in [3.63, 3.8) is 0 Å². The zero-order valence-corrected chi connectivity index (χ0v) is 15.0. The number of nitrogens with zero attached hydrogens (tertiary/aromatic N) is 3. The Morgan fingerprint density at radius 1 is 1.23 bits per heavy atom. The number of amides is 3. The Bertz CT molecular complexity index is 804. The van der Waals surface area contributed by atoms with Crippen molar-refractivity contribution in [2.24, 2.45) is 0 Å². The molecule has 3 amide bonds. The van der Waals surface area contributed by atoms with Crippen LogP contribution in [0.2, 0.25) is 5.02 Å². The predicted molar refractivity (Wildman–Crippen MR) is 95.8 cm³/mol. The van der Waals surface area contributed by atoms with Gasteiger partial charge in [-0.15, -0.1) is 0 Å². The third-order valence-corrected chi connectivity index (χ3v) is 4.41. The molecule has 1 aromatic heterocycles. The first-order valence-electron chi connectivity index (χ1n) is 8.16. The summed E-state index contributed by atoms with van der Waals surface area (Å²) < 4.78 is 5.10. The third kappa shape index (κ3) is 3.72. The Kier molecular flexibility index (Phi) is 5.27. The van der Waals surface area contributed by atoms with Crippen LogP contribution in [-0.2, 0) is 9.59 Å². The van der Waals surface area contributed by atoms with E-state index in [4.69, 9.17) is 16.0 Å². The number of carbonyl (C=O) groups excluding carboxylic acids is 3. The highest BCUT2D eigenvalue weighted by molar-refractivity contribution is 6.30. The van der Waals surface area contributed by atoms with Crippen molar-refractivity contribution in [3.05, 3.63) is 53.4 Å². The SMILES string of the molecule is CCN(CC(=O)N1CC(=O)N(c2ccc(Cl)cc2)C1)C(=O)c1ccco1. The van der Waals surface area contributed by atoms with Crippen molar-refractivity contribution < 1.29 is 18.8 Å². The molecular formula is C18H18ClN3O4. The lowest BCUT2D eigenvalue weighted by molar-refractivity contribution is -0.132. The molecular weight excluding hydrogens is 358 g/mol. The van der Waals surface area contributed by atoms with Gasteiger partial charge in [-0.1, -0.05) is 11.6 Å². The monoisotopic (exact) mass is 375 g/mol. The van der Waals surface area contributed by atoms with E-state index in [1.54, 1.807) is 43.3 Å². The zero-order valence-electron chi connectivity index (χ0n) is 14.2. The standard InChI is InChI=1S/C18H18ClN3O4/c1-2-20(18(25)15-4-3-9-26-15)10-16(23)21-11-17(24)22(12-21)14-7-5-13(19)6-8-14/h3-9H,2,10-12H2,1H3. The van der Waals surface area contributed by atoms with Gasteiger partial charge < -0.3 is 14.2 Å². The van der Waals surface area contributed by atoms with Gasteiger partial charge in [-0.2, -0.15) is 0 Å². The summed E-state index contributed by atoms with van der Waals surface area (Å²) in [7, 11) is 0. The summed E-state index contributed by atoms with van der Waals surface area (Å²) in [6, 6.07) is 10.0. The largest absolute Gasteiger partial charge is 0.459 e. The maximum atomic E-state index is 12.6. The van der Waals surface area contributed by atoms with Gasteiger partial charge in [-0.3, -0.25) is 19.3 Å². The summed E-state index contributed by atoms with van der Waals surface area (Å²) in [5.74, 6) is -0.650. The van der Waals surface area contributed by atoms with E-state index in [0.717, 1.165) is 0 Å². The van der Waals surface area contributed by atoms with E-state index in [1.165, 1.54) is 21.0 Å². The van der Waals surface area contributed by atoms with Crippen LogP contribution in [0.3, 0.4) is 0 Å². The molecule has 0 spiro atoms. The molecule has 0 saturated carbocycles. The molecule has 1 aliphatic heterocycles. The Balaban J connectivity index is 1.65. The quantitative estimate of drug-likeness (QED) is 0.803. The normalized spacial score (nSPS) is 14.0. The summed E-state index contributed by atoms with van der Waals surface area (Å²) in [6.45, 7) is 2.15. The van der Waals surface area contributed by atoms with Crippen LogP contribution < -0.4 is 4.90 Å². The van der Waals surface area contributed by atoms with Gasteiger partial charge in [0, 0.05) is 17.3 Å². The Labute approximate surface area is 155 Å². The van der Waals surface area contributed by atoms with Crippen molar-refractivity contribution in [1.82, 2.24) is 9.80 Å². The first-order chi connectivity index (χ1) is 12.5. The van der Waals surface area contributed by atoms with Crippen LogP contribution in [0.1, 0.15) is 17.5 Å². The highest BCUT2D eigenvalue weighted by atomic mass is 35.5. The Morgan fingerprint density at radius 3 is 2.58 bits per heavy atom. The molecule has 7 nitrogen and oxygen atoms in total. The van der Waals surface area contributed by atoms with E-state index in [-0.39, 0.29) is 43.2 Å². The highest BCUT2D eigenvalue weighted by Crippen LogP contribution is 2.22. The number of anilines is 1. The minimum absolute atomic E-state index is 0.0199. The predicted octanol–water partition coefficient (Wildman–Crippen LogP) is 2.23. The molecule has 0 atom stereocenters. The molecule has 1 saturated heterocycles. The highest BCUT2D eigenvalue weighted by Gasteiger charge is 2.33. The molecule has 0 bridgehead atoms. The average Bonchev–Trinajstić information content (AvgIpc) is 3.29. The van der Waals surface area contributed by atoms with E-state index >= 15 is 0 Å². The molecule has 2 aromatic rings. The smallest absolute Gasteiger partial charge is 0.290 e. The first kappa shape index (κ1) is 18.0. The lowest BCUT2D eigenvalue weighted by atomic mass is 10.3. The zero-order chi connectivity index (χ0) is 18.7. The van der Waals surface area contributed by atoms with Crippen LogP contribution in [-0.4, -0.2) is 53.8 Å². The second-order valence-corrected chi connectivity index (χ2v) is 6.26. The second-order valence-electron chi connectivity index (χ2n) is 5.83. The molecule has 1 fully saturated rings. The van der Waals surface area contributed by atoms with Crippen molar-refractivity contribution in [1.29, 1.82) is 0 Å². The van der Waals surface area contributed by atoms with Crippen molar-refractivity contribution in [2.75, 3.05) is 31.2 Å². The van der Waals surface area contributed by atoms with Crippen molar-refractivity contribution >= 4 is 35.0 Å². The number of benzene rings is 1. The molecule has 0 aliphatic carbocycles. The van der Waals surface area contributed by atoms with Crippen LogP contribution >= 0.6 is 11.6 Å². The number of likely N-dealkylation sites (N-methyl/N-ethyl adjacent to an activating group) is 1. The molecule has 8 heteroatoms. The number of furan rings is 1. The maximum Gasteiger partial charge on any atom is 0.290 e. The van der Waals surface area contributed by atoms with Gasteiger partial charge >= 0.3 is 0 Å². The number of hydrogen-bond donors (Lipinski definition) is 0. The average molecular weight is 376 g/mol. The van der Waals surface area contributed by atoms with Crippen molar-refractivity contribution in [2.45, 2.75) is 6.92 Å². The molecule has 136 valence electrons. The molecule has 2 heterocycles. The number of hydrogen-bond acceptors (Lipinski definition) is 4. The van der Waals surface area contributed by atoms with Crippen LogP contribution in [0.15, 0.2) is 47.1 Å². The molecule has 0 N–H and O–H groups in total. The minimum Gasteiger partial charge on any atom is -0.459 e. The fourth-order valence-corrected chi connectivity index (χ4v) is 2.83. The van der Waals surface area contributed by atoms with Crippen LogP contribution in [0.4, 0.5) is 5.69 Å². The molecule has 1 aliphatic rings. The van der Waals surface area contributed by atoms with Gasteiger partial charge in [0.05, 0.1) is 6.26 Å². The third-order valence-electron chi connectivity index (χ3n) is 4.16. The van der Waals surface area contributed by atoms with E-state index in [9.17, 15) is 14.4 Å². The van der Waals surface area contributed by atoms with E-state index < -0.39 is 0 Å². The van der Waals surface area contributed by atoms with Gasteiger partial charge in [0.15, 0.2) is 5.76 Å². The summed E-state index contributed by atoms with van der Waals surface area (Å²) >= 11 is 5.87.